The number of hydrogen-bond donors (Lipinski definition) is 3. The zero-order valence-electron chi connectivity index (χ0n) is 9.89. The zero-order chi connectivity index (χ0) is 13.5. The van der Waals surface area contributed by atoms with Gasteiger partial charge in [0.15, 0.2) is 9.84 Å². The third-order valence-electron chi connectivity index (χ3n) is 2.74. The number of primary amides is 1. The van der Waals surface area contributed by atoms with E-state index in [4.69, 9.17) is 11.5 Å². The minimum Gasteiger partial charge on any atom is -0.396 e. The van der Waals surface area contributed by atoms with Crippen molar-refractivity contribution in [3.63, 3.8) is 0 Å². The van der Waals surface area contributed by atoms with Crippen LogP contribution in [0.4, 0.5) is 10.7 Å². The Morgan fingerprint density at radius 3 is 2.56 bits per heavy atom. The third-order valence-corrected chi connectivity index (χ3v) is 5.22. The Bertz CT molecular complexity index is 588. The van der Waals surface area contributed by atoms with E-state index >= 15 is 0 Å². The van der Waals surface area contributed by atoms with E-state index in [1.165, 1.54) is 0 Å². The van der Waals surface area contributed by atoms with Crippen LogP contribution < -0.4 is 16.8 Å². The zero-order valence-corrected chi connectivity index (χ0v) is 11.5. The molecule has 1 aromatic rings. The fourth-order valence-corrected chi connectivity index (χ4v) is 4.08. The van der Waals surface area contributed by atoms with Gasteiger partial charge in [0.2, 0.25) is 0 Å². The van der Waals surface area contributed by atoms with Gasteiger partial charge in [-0.1, -0.05) is 0 Å². The molecule has 0 unspecified atom stereocenters. The molecule has 0 spiro atoms. The predicted molar refractivity (Wildman–Crippen MR) is 71.6 cm³/mol. The van der Waals surface area contributed by atoms with Crippen LogP contribution in [0.2, 0.25) is 0 Å². The van der Waals surface area contributed by atoms with E-state index in [1.807, 2.05) is 0 Å². The molecule has 18 heavy (non-hydrogen) atoms. The Kier molecular flexibility index (Phi) is 3.24. The van der Waals surface area contributed by atoms with Crippen molar-refractivity contribution in [3.05, 3.63) is 4.88 Å². The first-order valence-corrected chi connectivity index (χ1v) is 8.17. The van der Waals surface area contributed by atoms with Gasteiger partial charge in [-0.2, -0.15) is 0 Å². The lowest BCUT2D eigenvalue weighted by molar-refractivity contribution is 0.100. The molecule has 5 N–H and O–H groups in total. The Balaban J connectivity index is 2.41. The van der Waals surface area contributed by atoms with E-state index in [-0.39, 0.29) is 15.5 Å². The highest BCUT2D eigenvalue weighted by atomic mass is 32.2. The molecule has 1 saturated carbocycles. The van der Waals surface area contributed by atoms with E-state index in [2.05, 4.69) is 5.32 Å². The topological polar surface area (TPSA) is 115 Å². The second-order valence-corrected chi connectivity index (χ2v) is 7.44. The quantitative estimate of drug-likeness (QED) is 0.736. The van der Waals surface area contributed by atoms with Crippen LogP contribution >= 0.6 is 11.3 Å². The minimum absolute atomic E-state index is 0.0121. The van der Waals surface area contributed by atoms with Crippen LogP contribution in [-0.4, -0.2) is 27.1 Å². The molecule has 1 amide bonds. The van der Waals surface area contributed by atoms with Crippen LogP contribution in [0.5, 0.6) is 0 Å². The van der Waals surface area contributed by atoms with E-state index < -0.39 is 15.7 Å². The predicted octanol–water partition coefficient (Wildman–Crippen LogP) is 0.655. The second kappa shape index (κ2) is 4.43. The molecule has 0 aromatic carbocycles. The Morgan fingerprint density at radius 1 is 1.50 bits per heavy atom. The van der Waals surface area contributed by atoms with Crippen molar-refractivity contribution in [2.24, 2.45) is 11.7 Å². The highest BCUT2D eigenvalue weighted by molar-refractivity contribution is 7.91. The molecule has 8 heteroatoms. The van der Waals surface area contributed by atoms with Crippen LogP contribution in [-0.2, 0) is 9.84 Å². The average Bonchev–Trinajstić information content (AvgIpc) is 2.97. The van der Waals surface area contributed by atoms with Crippen molar-refractivity contribution in [1.82, 2.24) is 0 Å². The van der Waals surface area contributed by atoms with Gasteiger partial charge in [0.1, 0.15) is 14.8 Å². The number of thiophene rings is 1. The first kappa shape index (κ1) is 13.2. The van der Waals surface area contributed by atoms with E-state index in [1.54, 1.807) is 0 Å². The highest BCUT2D eigenvalue weighted by Gasteiger charge is 2.28. The number of nitrogens with two attached hydrogens (primary N) is 2. The molecule has 6 nitrogen and oxygen atoms in total. The van der Waals surface area contributed by atoms with Crippen molar-refractivity contribution < 1.29 is 13.2 Å². The van der Waals surface area contributed by atoms with Gasteiger partial charge in [0, 0.05) is 12.8 Å². The maximum atomic E-state index is 11.7. The highest BCUT2D eigenvalue weighted by Crippen LogP contribution is 2.40. The summed E-state index contributed by atoms with van der Waals surface area (Å²) in [5.41, 5.74) is 10.8. The average molecular weight is 289 g/mol. The summed E-state index contributed by atoms with van der Waals surface area (Å²) in [4.78, 5) is 11.3. The van der Waals surface area contributed by atoms with Crippen molar-refractivity contribution in [1.29, 1.82) is 0 Å². The molecule has 0 saturated heterocycles. The van der Waals surface area contributed by atoms with E-state index in [0.717, 1.165) is 30.4 Å². The fraction of sp³-hybridized carbons (Fsp3) is 0.500. The second-order valence-electron chi connectivity index (χ2n) is 4.46. The van der Waals surface area contributed by atoms with Crippen LogP contribution in [0.3, 0.4) is 0 Å². The molecule has 0 radical (unpaired) electrons. The van der Waals surface area contributed by atoms with Crippen molar-refractivity contribution in [2.75, 3.05) is 23.9 Å². The minimum atomic E-state index is -3.49. The molecule has 2 rings (SSSR count). The number of rotatable bonds is 5. The smallest absolute Gasteiger partial charge is 0.261 e. The fourth-order valence-electron chi connectivity index (χ4n) is 1.66. The van der Waals surface area contributed by atoms with Gasteiger partial charge in [-0.3, -0.25) is 4.79 Å². The Labute approximate surface area is 109 Å². The molecule has 1 aliphatic carbocycles. The summed E-state index contributed by atoms with van der Waals surface area (Å²) in [7, 11) is -3.49. The van der Waals surface area contributed by atoms with Gasteiger partial charge in [-0.25, -0.2) is 8.42 Å². The number of carbonyl (C=O) groups is 1. The van der Waals surface area contributed by atoms with Crippen molar-refractivity contribution >= 4 is 37.8 Å². The summed E-state index contributed by atoms with van der Waals surface area (Å²) in [5.74, 6) is -0.125. The van der Waals surface area contributed by atoms with Crippen LogP contribution in [0, 0.1) is 5.92 Å². The largest absolute Gasteiger partial charge is 0.396 e. The Morgan fingerprint density at radius 2 is 2.11 bits per heavy atom. The molecule has 0 bridgehead atoms. The summed E-state index contributed by atoms with van der Waals surface area (Å²) in [6.07, 6.45) is 3.36. The number of nitrogens with one attached hydrogen (secondary N) is 1. The first-order chi connectivity index (χ1) is 8.30. The monoisotopic (exact) mass is 289 g/mol. The van der Waals surface area contributed by atoms with E-state index in [0.29, 0.717) is 17.5 Å². The summed E-state index contributed by atoms with van der Waals surface area (Å²) >= 11 is 1.00. The van der Waals surface area contributed by atoms with E-state index in [9.17, 15) is 13.2 Å². The summed E-state index contributed by atoms with van der Waals surface area (Å²) in [6.45, 7) is 0.695. The number of anilines is 2. The normalized spacial score (nSPS) is 15.6. The summed E-state index contributed by atoms with van der Waals surface area (Å²) in [6, 6.07) is 0. The van der Waals surface area contributed by atoms with Gasteiger partial charge in [-0.05, 0) is 18.8 Å². The third kappa shape index (κ3) is 2.59. The maximum absolute atomic E-state index is 11.7. The lowest BCUT2D eigenvalue weighted by Gasteiger charge is -2.05. The molecule has 1 aliphatic rings. The van der Waals surface area contributed by atoms with Crippen LogP contribution in [0.15, 0.2) is 4.90 Å². The number of carbonyl (C=O) groups excluding carboxylic acids is 1. The molecule has 100 valence electrons. The SMILES string of the molecule is CS(=O)(=O)c1c(NCC2CC2)sc(C(N)=O)c1N. The number of nitrogen functional groups attached to an aromatic ring is 1. The van der Waals surface area contributed by atoms with Gasteiger partial charge >= 0.3 is 0 Å². The first-order valence-electron chi connectivity index (χ1n) is 5.46. The lowest BCUT2D eigenvalue weighted by Crippen LogP contribution is -2.12. The van der Waals surface area contributed by atoms with Crippen LogP contribution in [0.1, 0.15) is 22.5 Å². The summed E-state index contributed by atoms with van der Waals surface area (Å²) < 4.78 is 23.4. The molecule has 1 aromatic heterocycles. The Hall–Kier alpha value is -1.28. The maximum Gasteiger partial charge on any atom is 0.261 e. The van der Waals surface area contributed by atoms with Crippen molar-refractivity contribution in [2.45, 2.75) is 17.7 Å². The molecule has 1 heterocycles. The molecular formula is C10H15N3O3S2. The van der Waals surface area contributed by atoms with Crippen LogP contribution in [0.25, 0.3) is 0 Å². The summed E-state index contributed by atoms with van der Waals surface area (Å²) in [5, 5.41) is 3.46. The number of hydrogen-bond acceptors (Lipinski definition) is 6. The lowest BCUT2D eigenvalue weighted by atomic mass is 10.3. The van der Waals surface area contributed by atoms with Gasteiger partial charge in [0.05, 0.1) is 5.69 Å². The molecular weight excluding hydrogens is 274 g/mol. The molecule has 0 aliphatic heterocycles. The molecule has 0 atom stereocenters. The number of amides is 1. The van der Waals surface area contributed by atoms with Gasteiger partial charge < -0.3 is 16.8 Å². The standard InChI is InChI=1S/C10H15N3O3S2/c1-18(15,16)8-6(11)7(9(12)14)17-10(8)13-4-5-2-3-5/h5,13H,2-4,11H2,1H3,(H2,12,14). The number of sulfone groups is 1. The van der Waals surface area contributed by atoms with Crippen molar-refractivity contribution in [3.8, 4) is 0 Å². The van der Waals surface area contributed by atoms with Gasteiger partial charge in [0.25, 0.3) is 5.91 Å². The molecule has 1 fully saturated rings. The van der Waals surface area contributed by atoms with Gasteiger partial charge in [-0.15, -0.1) is 11.3 Å².